The number of benzene rings is 1. The van der Waals surface area contributed by atoms with Gasteiger partial charge in [-0.2, -0.15) is 0 Å². The fourth-order valence-electron chi connectivity index (χ4n) is 1.65. The van der Waals surface area contributed by atoms with Gasteiger partial charge in [-0.15, -0.1) is 0 Å². The summed E-state index contributed by atoms with van der Waals surface area (Å²) in [4.78, 5) is 0. The predicted molar refractivity (Wildman–Crippen MR) is 63.9 cm³/mol. The van der Waals surface area contributed by atoms with E-state index in [0.717, 1.165) is 38.1 Å². The van der Waals surface area contributed by atoms with Crippen LogP contribution in [0.4, 0.5) is 8.78 Å². The average Bonchev–Trinajstić information content (AvgIpc) is 2.32. The van der Waals surface area contributed by atoms with Gasteiger partial charge < -0.3 is 10.1 Å². The summed E-state index contributed by atoms with van der Waals surface area (Å²) in [6, 6.07) is 3.34. The number of rotatable bonds is 7. The highest BCUT2D eigenvalue weighted by Crippen LogP contribution is 2.17. The zero-order valence-electron chi connectivity index (χ0n) is 10.3. The van der Waals surface area contributed by atoms with Crippen LogP contribution >= 0.6 is 0 Å². The van der Waals surface area contributed by atoms with Crippen LogP contribution in [0.3, 0.4) is 0 Å². The number of ether oxygens (including phenoxy) is 1. The highest BCUT2D eigenvalue weighted by molar-refractivity contribution is 5.21. The predicted octanol–water partition coefficient (Wildman–Crippen LogP) is 3.04. The van der Waals surface area contributed by atoms with Crippen LogP contribution in [-0.2, 0) is 4.74 Å². The van der Waals surface area contributed by atoms with Gasteiger partial charge in [0, 0.05) is 25.3 Å². The fraction of sp³-hybridized carbons (Fsp3) is 0.538. The molecule has 1 N–H and O–H groups in total. The number of hydrogen-bond donors (Lipinski definition) is 1. The molecule has 1 aromatic rings. The normalized spacial score (nSPS) is 12.7. The van der Waals surface area contributed by atoms with Crippen LogP contribution in [-0.4, -0.2) is 20.3 Å². The van der Waals surface area contributed by atoms with Crippen molar-refractivity contribution in [2.75, 3.05) is 20.3 Å². The molecule has 2 nitrogen and oxygen atoms in total. The van der Waals surface area contributed by atoms with E-state index in [1.54, 1.807) is 7.11 Å². The lowest BCUT2D eigenvalue weighted by Gasteiger charge is -2.15. The van der Waals surface area contributed by atoms with Crippen LogP contribution < -0.4 is 5.32 Å². The van der Waals surface area contributed by atoms with Gasteiger partial charge in [-0.05, 0) is 44.5 Å². The first-order valence-corrected chi connectivity index (χ1v) is 5.82. The Morgan fingerprint density at radius 3 is 2.76 bits per heavy atom. The SMILES string of the molecule is COCCCCNC(C)c1cc(F)ccc1F. The van der Waals surface area contributed by atoms with Gasteiger partial charge in [0.2, 0.25) is 0 Å². The molecule has 96 valence electrons. The summed E-state index contributed by atoms with van der Waals surface area (Å²) in [5.41, 5.74) is 0.372. The molecule has 0 aromatic heterocycles. The lowest BCUT2D eigenvalue weighted by Crippen LogP contribution is -2.21. The largest absolute Gasteiger partial charge is 0.385 e. The van der Waals surface area contributed by atoms with Gasteiger partial charge in [0.1, 0.15) is 11.6 Å². The Morgan fingerprint density at radius 1 is 1.29 bits per heavy atom. The third kappa shape index (κ3) is 4.79. The topological polar surface area (TPSA) is 21.3 Å². The maximum atomic E-state index is 13.4. The Morgan fingerprint density at radius 2 is 2.06 bits per heavy atom. The lowest BCUT2D eigenvalue weighted by molar-refractivity contribution is 0.192. The fourth-order valence-corrected chi connectivity index (χ4v) is 1.65. The van der Waals surface area contributed by atoms with Crippen molar-refractivity contribution in [1.82, 2.24) is 5.32 Å². The van der Waals surface area contributed by atoms with E-state index < -0.39 is 5.82 Å². The van der Waals surface area contributed by atoms with Crippen molar-refractivity contribution < 1.29 is 13.5 Å². The average molecular weight is 243 g/mol. The minimum absolute atomic E-state index is 0.187. The molecule has 0 amide bonds. The summed E-state index contributed by atoms with van der Waals surface area (Å²) in [5, 5.41) is 3.16. The summed E-state index contributed by atoms with van der Waals surface area (Å²) in [6.45, 7) is 3.32. The molecule has 0 aliphatic rings. The Balaban J connectivity index is 2.41. The number of methoxy groups -OCH3 is 1. The molecular formula is C13H19F2NO. The van der Waals surface area contributed by atoms with E-state index in [1.807, 2.05) is 6.92 Å². The Bertz CT molecular complexity index is 344. The molecule has 4 heteroatoms. The van der Waals surface area contributed by atoms with Crippen molar-refractivity contribution in [3.05, 3.63) is 35.4 Å². The van der Waals surface area contributed by atoms with Crippen molar-refractivity contribution in [3.8, 4) is 0 Å². The zero-order valence-corrected chi connectivity index (χ0v) is 10.3. The van der Waals surface area contributed by atoms with E-state index in [-0.39, 0.29) is 11.9 Å². The van der Waals surface area contributed by atoms with Crippen LogP contribution in [0.5, 0.6) is 0 Å². The summed E-state index contributed by atoms with van der Waals surface area (Å²) < 4.78 is 31.3. The highest BCUT2D eigenvalue weighted by Gasteiger charge is 2.10. The summed E-state index contributed by atoms with van der Waals surface area (Å²) in [5.74, 6) is -0.780. The molecule has 0 bridgehead atoms. The van der Waals surface area contributed by atoms with Gasteiger partial charge in [0.15, 0.2) is 0 Å². The molecule has 17 heavy (non-hydrogen) atoms. The first-order valence-electron chi connectivity index (χ1n) is 5.82. The second kappa shape index (κ2) is 7.35. The smallest absolute Gasteiger partial charge is 0.128 e. The maximum Gasteiger partial charge on any atom is 0.128 e. The number of nitrogens with one attached hydrogen (secondary N) is 1. The Labute approximate surface area is 101 Å². The van der Waals surface area contributed by atoms with Crippen LogP contribution in [0.25, 0.3) is 0 Å². The van der Waals surface area contributed by atoms with Crippen molar-refractivity contribution >= 4 is 0 Å². The second-order valence-corrected chi connectivity index (χ2v) is 4.04. The molecule has 1 rings (SSSR count). The highest BCUT2D eigenvalue weighted by atomic mass is 19.1. The van der Waals surface area contributed by atoms with Crippen molar-refractivity contribution in [2.45, 2.75) is 25.8 Å². The van der Waals surface area contributed by atoms with Gasteiger partial charge in [0.25, 0.3) is 0 Å². The van der Waals surface area contributed by atoms with E-state index in [1.165, 1.54) is 6.07 Å². The van der Waals surface area contributed by atoms with Crippen LogP contribution in [0.15, 0.2) is 18.2 Å². The minimum Gasteiger partial charge on any atom is -0.385 e. The molecule has 0 aliphatic heterocycles. The van der Waals surface area contributed by atoms with E-state index in [0.29, 0.717) is 5.56 Å². The number of unbranched alkanes of at least 4 members (excludes halogenated alkanes) is 1. The van der Waals surface area contributed by atoms with E-state index in [4.69, 9.17) is 4.74 Å². The Hall–Kier alpha value is -1.00. The molecule has 0 spiro atoms. The lowest BCUT2D eigenvalue weighted by atomic mass is 10.1. The first-order chi connectivity index (χ1) is 8.15. The van der Waals surface area contributed by atoms with Crippen LogP contribution in [0.1, 0.15) is 31.4 Å². The van der Waals surface area contributed by atoms with Crippen LogP contribution in [0.2, 0.25) is 0 Å². The Kier molecular flexibility index (Phi) is 6.08. The molecule has 0 saturated carbocycles. The third-order valence-electron chi connectivity index (χ3n) is 2.65. The molecule has 0 fully saturated rings. The molecule has 0 heterocycles. The molecule has 0 radical (unpaired) electrons. The molecule has 0 saturated heterocycles. The third-order valence-corrected chi connectivity index (χ3v) is 2.65. The minimum atomic E-state index is -0.408. The van der Waals surface area contributed by atoms with Crippen molar-refractivity contribution in [3.63, 3.8) is 0 Å². The zero-order chi connectivity index (χ0) is 12.7. The monoisotopic (exact) mass is 243 g/mol. The van der Waals surface area contributed by atoms with Gasteiger partial charge in [-0.25, -0.2) is 8.78 Å². The molecule has 0 aliphatic carbocycles. The van der Waals surface area contributed by atoms with Crippen LogP contribution in [0, 0.1) is 11.6 Å². The molecule has 1 atom stereocenters. The summed E-state index contributed by atoms with van der Waals surface area (Å²) >= 11 is 0. The van der Waals surface area contributed by atoms with Crippen molar-refractivity contribution in [1.29, 1.82) is 0 Å². The van der Waals surface area contributed by atoms with Gasteiger partial charge in [0.05, 0.1) is 0 Å². The van der Waals surface area contributed by atoms with E-state index in [9.17, 15) is 8.78 Å². The molecule has 1 aromatic carbocycles. The summed E-state index contributed by atoms with van der Waals surface area (Å²) in [6.07, 6.45) is 1.91. The number of halogens is 2. The maximum absolute atomic E-state index is 13.4. The standard InChI is InChI=1S/C13H19F2NO/c1-10(16-7-3-4-8-17-2)12-9-11(14)5-6-13(12)15/h5-6,9-10,16H,3-4,7-8H2,1-2H3. The first kappa shape index (κ1) is 14.1. The second-order valence-electron chi connectivity index (χ2n) is 4.04. The van der Waals surface area contributed by atoms with Gasteiger partial charge >= 0.3 is 0 Å². The van der Waals surface area contributed by atoms with Gasteiger partial charge in [-0.1, -0.05) is 0 Å². The molecular weight excluding hydrogens is 224 g/mol. The molecule has 1 unspecified atom stereocenters. The summed E-state index contributed by atoms with van der Waals surface area (Å²) in [7, 11) is 1.66. The van der Waals surface area contributed by atoms with Gasteiger partial charge in [-0.3, -0.25) is 0 Å². The van der Waals surface area contributed by atoms with E-state index >= 15 is 0 Å². The van der Waals surface area contributed by atoms with E-state index in [2.05, 4.69) is 5.32 Å². The number of hydrogen-bond acceptors (Lipinski definition) is 2. The van der Waals surface area contributed by atoms with Crippen molar-refractivity contribution in [2.24, 2.45) is 0 Å². The quantitative estimate of drug-likeness (QED) is 0.743.